The number of hydrogen-bond donors (Lipinski definition) is 1. The van der Waals surface area contributed by atoms with Crippen LogP contribution in [-0.4, -0.2) is 18.2 Å². The molecule has 0 aliphatic carbocycles. The molecule has 0 saturated carbocycles. The molecule has 2 nitrogen and oxygen atoms in total. The van der Waals surface area contributed by atoms with E-state index in [9.17, 15) is 4.79 Å². The summed E-state index contributed by atoms with van der Waals surface area (Å²) in [6.45, 7) is 2.90. The normalized spacial score (nSPS) is 10.2. The number of rotatable bonds is 7. The van der Waals surface area contributed by atoms with Gasteiger partial charge in [-0.15, -0.1) is 11.8 Å². The van der Waals surface area contributed by atoms with Gasteiger partial charge in [0.15, 0.2) is 0 Å². The summed E-state index contributed by atoms with van der Waals surface area (Å²) in [5.41, 5.74) is 1.20. The van der Waals surface area contributed by atoms with Gasteiger partial charge in [-0.25, -0.2) is 0 Å². The number of hydrogen-bond acceptors (Lipinski definition) is 2. The summed E-state index contributed by atoms with van der Waals surface area (Å²) in [5.74, 6) is 1.49. The minimum atomic E-state index is 0.123. The van der Waals surface area contributed by atoms with Crippen LogP contribution in [0.25, 0.3) is 0 Å². The van der Waals surface area contributed by atoms with Crippen molar-refractivity contribution in [1.29, 1.82) is 0 Å². The van der Waals surface area contributed by atoms with Gasteiger partial charge in [-0.2, -0.15) is 0 Å². The number of amides is 1. The second-order valence-electron chi connectivity index (χ2n) is 3.82. The van der Waals surface area contributed by atoms with Crippen LogP contribution < -0.4 is 5.32 Å². The number of benzene rings is 1. The Morgan fingerprint density at radius 1 is 1.35 bits per heavy atom. The number of nitrogens with one attached hydrogen (secondary N) is 1. The van der Waals surface area contributed by atoms with Crippen molar-refractivity contribution in [2.75, 3.05) is 12.3 Å². The van der Waals surface area contributed by atoms with E-state index >= 15 is 0 Å². The van der Waals surface area contributed by atoms with E-state index in [1.807, 2.05) is 24.3 Å². The van der Waals surface area contributed by atoms with E-state index in [0.717, 1.165) is 30.2 Å². The molecule has 0 fully saturated rings. The Hall–Kier alpha value is -0.670. The summed E-state index contributed by atoms with van der Waals surface area (Å²) < 4.78 is 0. The number of carbonyl (C=O) groups is 1. The molecular weight excluding hydrogens is 254 g/mol. The number of halogens is 1. The van der Waals surface area contributed by atoms with Gasteiger partial charge in [0.05, 0.1) is 5.75 Å². The van der Waals surface area contributed by atoms with Crippen LogP contribution in [0.5, 0.6) is 0 Å². The van der Waals surface area contributed by atoms with E-state index in [1.165, 1.54) is 5.56 Å². The molecule has 17 heavy (non-hydrogen) atoms. The van der Waals surface area contributed by atoms with E-state index in [-0.39, 0.29) is 5.91 Å². The molecule has 0 aliphatic rings. The first-order valence-corrected chi connectivity index (χ1v) is 7.34. The summed E-state index contributed by atoms with van der Waals surface area (Å²) >= 11 is 7.42. The fourth-order valence-corrected chi connectivity index (χ4v) is 2.24. The zero-order valence-corrected chi connectivity index (χ0v) is 11.6. The van der Waals surface area contributed by atoms with Gasteiger partial charge in [-0.1, -0.05) is 37.1 Å². The molecule has 94 valence electrons. The summed E-state index contributed by atoms with van der Waals surface area (Å²) in [6, 6.07) is 7.73. The first-order chi connectivity index (χ1) is 8.22. The van der Waals surface area contributed by atoms with Crippen LogP contribution >= 0.6 is 23.4 Å². The molecule has 0 aromatic heterocycles. The summed E-state index contributed by atoms with van der Waals surface area (Å²) in [5, 5.41) is 3.64. The van der Waals surface area contributed by atoms with E-state index < -0.39 is 0 Å². The van der Waals surface area contributed by atoms with Crippen molar-refractivity contribution >= 4 is 29.3 Å². The van der Waals surface area contributed by atoms with Gasteiger partial charge < -0.3 is 5.32 Å². The zero-order valence-electron chi connectivity index (χ0n) is 10.0. The van der Waals surface area contributed by atoms with E-state index in [4.69, 9.17) is 11.6 Å². The molecule has 0 saturated heterocycles. The topological polar surface area (TPSA) is 29.1 Å². The number of thioether (sulfide) groups is 1. The highest BCUT2D eigenvalue weighted by atomic mass is 35.5. The van der Waals surface area contributed by atoms with E-state index in [1.54, 1.807) is 11.8 Å². The molecule has 1 N–H and O–H groups in total. The van der Waals surface area contributed by atoms with Crippen molar-refractivity contribution in [2.24, 2.45) is 0 Å². The van der Waals surface area contributed by atoms with Gasteiger partial charge in [0.2, 0.25) is 5.91 Å². The summed E-state index contributed by atoms with van der Waals surface area (Å²) in [4.78, 5) is 11.4. The van der Waals surface area contributed by atoms with E-state index in [0.29, 0.717) is 5.75 Å². The monoisotopic (exact) mass is 271 g/mol. The van der Waals surface area contributed by atoms with Crippen molar-refractivity contribution < 1.29 is 4.79 Å². The molecule has 1 rings (SSSR count). The molecule has 4 heteroatoms. The molecule has 0 unspecified atom stereocenters. The maximum atomic E-state index is 11.4. The van der Waals surface area contributed by atoms with Crippen molar-refractivity contribution in [1.82, 2.24) is 5.32 Å². The third-order valence-electron chi connectivity index (χ3n) is 2.27. The third kappa shape index (κ3) is 6.59. The molecule has 0 radical (unpaired) electrons. The van der Waals surface area contributed by atoms with E-state index in [2.05, 4.69) is 12.2 Å². The van der Waals surface area contributed by atoms with Crippen LogP contribution in [0.15, 0.2) is 24.3 Å². The Morgan fingerprint density at radius 2 is 2.06 bits per heavy atom. The summed E-state index contributed by atoms with van der Waals surface area (Å²) in [7, 11) is 0. The Morgan fingerprint density at radius 3 is 2.71 bits per heavy atom. The Labute approximate surface area is 112 Å². The molecular formula is C13H18ClNOS. The largest absolute Gasteiger partial charge is 0.355 e. The van der Waals surface area contributed by atoms with Crippen molar-refractivity contribution in [3.63, 3.8) is 0 Å². The highest BCUT2D eigenvalue weighted by Crippen LogP contribution is 2.15. The lowest BCUT2D eigenvalue weighted by molar-refractivity contribution is -0.118. The minimum Gasteiger partial charge on any atom is -0.355 e. The lowest BCUT2D eigenvalue weighted by Gasteiger charge is -2.04. The minimum absolute atomic E-state index is 0.123. The molecule has 0 heterocycles. The number of unbranched alkanes of at least 4 members (excludes halogenated alkanes) is 1. The van der Waals surface area contributed by atoms with Crippen LogP contribution in [-0.2, 0) is 10.5 Å². The van der Waals surface area contributed by atoms with Gasteiger partial charge >= 0.3 is 0 Å². The molecule has 0 atom stereocenters. The van der Waals surface area contributed by atoms with Crippen LogP contribution in [0.2, 0.25) is 5.02 Å². The quantitative estimate of drug-likeness (QED) is 0.769. The van der Waals surface area contributed by atoms with Crippen molar-refractivity contribution in [3.8, 4) is 0 Å². The first-order valence-electron chi connectivity index (χ1n) is 5.81. The van der Waals surface area contributed by atoms with Crippen LogP contribution in [0, 0.1) is 0 Å². The maximum absolute atomic E-state index is 11.4. The van der Waals surface area contributed by atoms with Gasteiger partial charge in [0.25, 0.3) is 0 Å². The molecule has 1 aromatic carbocycles. The first kappa shape index (κ1) is 14.4. The van der Waals surface area contributed by atoms with Crippen molar-refractivity contribution in [3.05, 3.63) is 34.9 Å². The number of carbonyl (C=O) groups excluding carboxylic acids is 1. The lowest BCUT2D eigenvalue weighted by atomic mass is 10.2. The van der Waals surface area contributed by atoms with Crippen LogP contribution in [0.1, 0.15) is 25.3 Å². The van der Waals surface area contributed by atoms with Gasteiger partial charge in [0.1, 0.15) is 0 Å². The fourth-order valence-electron chi connectivity index (χ4n) is 1.30. The smallest absolute Gasteiger partial charge is 0.230 e. The average Bonchev–Trinajstić information content (AvgIpc) is 2.32. The predicted octanol–water partition coefficient (Wildman–Crippen LogP) is 3.49. The van der Waals surface area contributed by atoms with Gasteiger partial charge in [-0.3, -0.25) is 4.79 Å². The SMILES string of the molecule is CCCCNC(=O)CSCc1ccc(Cl)cc1. The molecule has 0 spiro atoms. The highest BCUT2D eigenvalue weighted by molar-refractivity contribution is 7.99. The van der Waals surface area contributed by atoms with Gasteiger partial charge in [-0.05, 0) is 24.1 Å². The highest BCUT2D eigenvalue weighted by Gasteiger charge is 2.01. The molecule has 1 aromatic rings. The summed E-state index contributed by atoms with van der Waals surface area (Å²) in [6.07, 6.45) is 2.16. The predicted molar refractivity (Wildman–Crippen MR) is 75.5 cm³/mol. The van der Waals surface area contributed by atoms with Crippen LogP contribution in [0.4, 0.5) is 0 Å². The molecule has 1 amide bonds. The Bertz CT molecular complexity index is 340. The molecule has 0 bridgehead atoms. The Balaban J connectivity index is 2.14. The van der Waals surface area contributed by atoms with Crippen LogP contribution in [0.3, 0.4) is 0 Å². The second kappa shape index (κ2) is 8.43. The maximum Gasteiger partial charge on any atom is 0.230 e. The fraction of sp³-hybridized carbons (Fsp3) is 0.462. The standard InChI is InChI=1S/C13H18ClNOS/c1-2-3-8-15-13(16)10-17-9-11-4-6-12(14)7-5-11/h4-7H,2-3,8-10H2,1H3,(H,15,16). The second-order valence-corrected chi connectivity index (χ2v) is 5.24. The lowest BCUT2D eigenvalue weighted by Crippen LogP contribution is -2.26. The van der Waals surface area contributed by atoms with Gasteiger partial charge in [0, 0.05) is 17.3 Å². The van der Waals surface area contributed by atoms with Crippen molar-refractivity contribution in [2.45, 2.75) is 25.5 Å². The average molecular weight is 272 g/mol. The Kier molecular flexibility index (Phi) is 7.13. The zero-order chi connectivity index (χ0) is 12.5. The third-order valence-corrected chi connectivity index (χ3v) is 3.52. The molecule has 0 aliphatic heterocycles.